The van der Waals surface area contributed by atoms with Gasteiger partial charge in [-0.05, 0) is 38.1 Å². The number of likely N-dealkylation sites (N-methyl/N-ethyl adjacent to an activating group) is 1. The number of hydrogen-bond acceptors (Lipinski definition) is 5. The summed E-state index contributed by atoms with van der Waals surface area (Å²) in [5.74, 6) is 0.188. The van der Waals surface area contributed by atoms with Gasteiger partial charge in [-0.1, -0.05) is 33.6 Å². The van der Waals surface area contributed by atoms with Crippen LogP contribution in [-0.2, 0) is 10.0 Å². The molecule has 2 aromatic rings. The third-order valence-corrected chi connectivity index (χ3v) is 8.18. The molecule has 8 heteroatoms. The number of hydrogen-bond donors (Lipinski definition) is 0. The Bertz CT molecular complexity index is 1010. The number of rotatable bonds is 9. The van der Waals surface area contributed by atoms with E-state index in [0.717, 1.165) is 38.9 Å². The second-order valence-corrected chi connectivity index (χ2v) is 10.1. The van der Waals surface area contributed by atoms with Crippen LogP contribution >= 0.6 is 0 Å². The Kier molecular flexibility index (Phi) is 7.78. The largest absolute Gasteiger partial charge is 0.451 e. The van der Waals surface area contributed by atoms with E-state index in [1.54, 1.807) is 18.2 Å². The van der Waals surface area contributed by atoms with E-state index in [-0.39, 0.29) is 10.8 Å². The fourth-order valence-corrected chi connectivity index (χ4v) is 5.63. The predicted octanol–water partition coefficient (Wildman–Crippen LogP) is 3.72. The van der Waals surface area contributed by atoms with Gasteiger partial charge in [0.05, 0.1) is 4.90 Å². The van der Waals surface area contributed by atoms with E-state index in [1.165, 1.54) is 4.31 Å². The van der Waals surface area contributed by atoms with Gasteiger partial charge in [-0.3, -0.25) is 4.79 Å². The lowest BCUT2D eigenvalue weighted by Gasteiger charge is -2.33. The number of carbonyl (C=O) groups is 1. The molecule has 0 spiro atoms. The highest BCUT2D eigenvalue weighted by atomic mass is 32.2. The van der Waals surface area contributed by atoms with Gasteiger partial charge in [0, 0.05) is 50.2 Å². The van der Waals surface area contributed by atoms with Gasteiger partial charge in [-0.25, -0.2) is 8.42 Å². The predicted molar refractivity (Wildman–Crippen MR) is 123 cm³/mol. The smallest absolute Gasteiger partial charge is 0.289 e. The van der Waals surface area contributed by atoms with E-state index in [2.05, 4.69) is 18.7 Å². The zero-order chi connectivity index (χ0) is 22.6. The number of carbonyl (C=O) groups excluding carboxylic acids is 1. The minimum Gasteiger partial charge on any atom is -0.451 e. The molecule has 0 aliphatic carbocycles. The molecule has 1 aliphatic rings. The summed E-state index contributed by atoms with van der Waals surface area (Å²) in [5, 5.41) is 0.682. The molecule has 172 valence electrons. The molecule has 0 atom stereocenters. The van der Waals surface area contributed by atoms with Gasteiger partial charge in [0.15, 0.2) is 5.76 Å². The summed E-state index contributed by atoms with van der Waals surface area (Å²) in [5.41, 5.74) is 1.24. The number of piperazine rings is 1. The molecule has 1 amide bonds. The molecule has 1 saturated heterocycles. The van der Waals surface area contributed by atoms with Crippen molar-refractivity contribution >= 4 is 26.9 Å². The molecule has 2 heterocycles. The summed E-state index contributed by atoms with van der Waals surface area (Å²) in [6.45, 7) is 12.9. The topological polar surface area (TPSA) is 74.1 Å². The summed E-state index contributed by atoms with van der Waals surface area (Å²) in [6.07, 6.45) is 2.90. The number of unbranched alkanes of at least 4 members (excludes halogenated alkanes) is 2. The van der Waals surface area contributed by atoms with Crippen LogP contribution in [0, 0.1) is 6.92 Å². The summed E-state index contributed by atoms with van der Waals surface area (Å²) in [7, 11) is -3.59. The maximum atomic E-state index is 13.2. The van der Waals surface area contributed by atoms with E-state index in [4.69, 9.17) is 4.42 Å². The number of furan rings is 1. The second kappa shape index (κ2) is 10.1. The van der Waals surface area contributed by atoms with E-state index < -0.39 is 10.0 Å². The zero-order valence-corrected chi connectivity index (χ0v) is 20.0. The maximum absolute atomic E-state index is 13.2. The van der Waals surface area contributed by atoms with Crippen molar-refractivity contribution in [3.8, 4) is 0 Å². The van der Waals surface area contributed by atoms with Crippen LogP contribution in [0.1, 0.15) is 56.2 Å². The first-order chi connectivity index (χ1) is 14.8. The number of nitrogens with zero attached hydrogens (tertiary/aromatic N) is 3. The Labute approximate surface area is 186 Å². The minimum atomic E-state index is -3.59. The average molecular weight is 450 g/mol. The van der Waals surface area contributed by atoms with Gasteiger partial charge in [0.1, 0.15) is 5.58 Å². The Morgan fingerprint density at radius 1 is 1.10 bits per heavy atom. The van der Waals surface area contributed by atoms with Crippen LogP contribution in [-0.4, -0.2) is 74.2 Å². The van der Waals surface area contributed by atoms with Gasteiger partial charge < -0.3 is 14.2 Å². The van der Waals surface area contributed by atoms with Crippen LogP contribution in [0.25, 0.3) is 11.0 Å². The molecule has 1 aromatic heterocycles. The fourth-order valence-electron chi connectivity index (χ4n) is 4.11. The number of fused-ring (bicyclic) bond motifs is 1. The Balaban J connectivity index is 1.86. The van der Waals surface area contributed by atoms with Crippen LogP contribution in [0.4, 0.5) is 0 Å². The summed E-state index contributed by atoms with van der Waals surface area (Å²) in [6, 6.07) is 4.90. The van der Waals surface area contributed by atoms with Gasteiger partial charge in [0.2, 0.25) is 10.0 Å². The van der Waals surface area contributed by atoms with Gasteiger partial charge in [-0.15, -0.1) is 0 Å². The summed E-state index contributed by atoms with van der Waals surface area (Å²) in [4.78, 5) is 17.4. The first-order valence-corrected chi connectivity index (χ1v) is 12.8. The summed E-state index contributed by atoms with van der Waals surface area (Å²) >= 11 is 0. The van der Waals surface area contributed by atoms with Gasteiger partial charge in [-0.2, -0.15) is 4.31 Å². The standard InChI is InChI=1S/C23H35N3O4S/c1-5-8-9-12-26(7-3)31(28,29)19-10-11-21-20(17-19)18(4)22(30-21)23(27)25-15-13-24(6-2)14-16-25/h10-11,17H,5-9,12-16H2,1-4H3. The lowest BCUT2D eigenvalue weighted by Crippen LogP contribution is -2.48. The Morgan fingerprint density at radius 2 is 1.81 bits per heavy atom. The van der Waals surface area contributed by atoms with Gasteiger partial charge >= 0.3 is 0 Å². The van der Waals surface area contributed by atoms with E-state index in [0.29, 0.717) is 48.5 Å². The third kappa shape index (κ3) is 4.96. The fraction of sp³-hybridized carbons (Fsp3) is 0.609. The molecule has 0 saturated carbocycles. The molecular formula is C23H35N3O4S. The van der Waals surface area contributed by atoms with Crippen molar-refractivity contribution in [1.29, 1.82) is 0 Å². The molecule has 0 bridgehead atoms. The zero-order valence-electron chi connectivity index (χ0n) is 19.2. The van der Waals surface area contributed by atoms with E-state index >= 15 is 0 Å². The molecule has 3 rings (SSSR count). The normalized spacial score (nSPS) is 15.8. The van der Waals surface area contributed by atoms with Crippen molar-refractivity contribution in [2.24, 2.45) is 0 Å². The molecule has 31 heavy (non-hydrogen) atoms. The van der Waals surface area contributed by atoms with Crippen molar-refractivity contribution < 1.29 is 17.6 Å². The number of amides is 1. The van der Waals surface area contributed by atoms with Crippen molar-refractivity contribution in [2.45, 2.75) is 51.9 Å². The van der Waals surface area contributed by atoms with Crippen LogP contribution in [0.15, 0.2) is 27.5 Å². The molecule has 7 nitrogen and oxygen atoms in total. The Morgan fingerprint density at radius 3 is 2.42 bits per heavy atom. The maximum Gasteiger partial charge on any atom is 0.289 e. The third-order valence-electron chi connectivity index (χ3n) is 6.21. The van der Waals surface area contributed by atoms with Crippen molar-refractivity contribution in [1.82, 2.24) is 14.1 Å². The number of sulfonamides is 1. The molecule has 0 radical (unpaired) electrons. The molecule has 0 unspecified atom stereocenters. The van der Waals surface area contributed by atoms with E-state index in [1.807, 2.05) is 18.7 Å². The first-order valence-electron chi connectivity index (χ1n) is 11.4. The van der Waals surface area contributed by atoms with Crippen LogP contribution < -0.4 is 0 Å². The van der Waals surface area contributed by atoms with Crippen LogP contribution in [0.5, 0.6) is 0 Å². The first kappa shape index (κ1) is 23.8. The minimum absolute atomic E-state index is 0.122. The van der Waals surface area contributed by atoms with Gasteiger partial charge in [0.25, 0.3) is 5.91 Å². The quantitative estimate of drug-likeness (QED) is 0.546. The molecule has 1 aromatic carbocycles. The highest BCUT2D eigenvalue weighted by Gasteiger charge is 2.28. The number of benzene rings is 1. The van der Waals surface area contributed by atoms with Crippen LogP contribution in [0.2, 0.25) is 0 Å². The van der Waals surface area contributed by atoms with E-state index in [9.17, 15) is 13.2 Å². The van der Waals surface area contributed by atoms with Crippen molar-refractivity contribution in [2.75, 3.05) is 45.8 Å². The second-order valence-electron chi connectivity index (χ2n) is 8.14. The number of aryl methyl sites for hydroxylation is 1. The lowest BCUT2D eigenvalue weighted by atomic mass is 10.1. The SMILES string of the molecule is CCCCCN(CC)S(=O)(=O)c1ccc2oc(C(=O)N3CCN(CC)CC3)c(C)c2c1. The molecular weight excluding hydrogens is 414 g/mol. The summed E-state index contributed by atoms with van der Waals surface area (Å²) < 4.78 is 33.8. The highest BCUT2D eigenvalue weighted by molar-refractivity contribution is 7.89. The molecule has 1 fully saturated rings. The average Bonchev–Trinajstić information content (AvgIpc) is 3.12. The van der Waals surface area contributed by atoms with Crippen molar-refractivity contribution in [3.05, 3.63) is 29.5 Å². The molecule has 0 N–H and O–H groups in total. The molecule has 1 aliphatic heterocycles. The van der Waals surface area contributed by atoms with Crippen LogP contribution in [0.3, 0.4) is 0 Å². The van der Waals surface area contributed by atoms with Crippen molar-refractivity contribution in [3.63, 3.8) is 0 Å². The lowest BCUT2D eigenvalue weighted by molar-refractivity contribution is 0.0613. The monoisotopic (exact) mass is 449 g/mol. The Hall–Kier alpha value is -1.90. The highest BCUT2D eigenvalue weighted by Crippen LogP contribution is 2.30.